The van der Waals surface area contributed by atoms with Gasteiger partial charge in [0.05, 0.1) is 17.4 Å². The Bertz CT molecular complexity index is 1050. The van der Waals surface area contributed by atoms with E-state index in [0.29, 0.717) is 34.0 Å². The number of carbonyl (C=O) groups is 1. The lowest BCUT2D eigenvalue weighted by Crippen LogP contribution is -2.40. The highest BCUT2D eigenvalue weighted by Gasteiger charge is 2.22. The van der Waals surface area contributed by atoms with Crippen LogP contribution in [0.15, 0.2) is 47.3 Å². The molecule has 1 heterocycles. The molecular weight excluding hydrogens is 385 g/mol. The number of rotatable bonds is 6. The molecule has 2 aromatic carbocycles. The minimum Gasteiger partial charge on any atom is -0.481 e. The summed E-state index contributed by atoms with van der Waals surface area (Å²) in [5.74, 6) is 0.0859. The summed E-state index contributed by atoms with van der Waals surface area (Å²) in [5.41, 5.74) is 0.168. The number of nitrogens with one attached hydrogen (secondary N) is 1. The number of hydrogen-bond acceptors (Lipinski definition) is 4. The SMILES string of the molecule is CCN(Cc1nc2cc(Cl)ccc2c(=O)[nH]1)C(=O)C(C)Oc1ccc(F)cc1. The van der Waals surface area contributed by atoms with E-state index in [-0.39, 0.29) is 23.8 Å². The van der Waals surface area contributed by atoms with Crippen LogP contribution in [0.2, 0.25) is 5.02 Å². The molecular formula is C20H19ClFN3O3. The van der Waals surface area contributed by atoms with Crippen molar-refractivity contribution >= 4 is 28.4 Å². The number of likely N-dealkylation sites (N-methyl/N-ethyl adjacent to an activating group) is 1. The fourth-order valence-electron chi connectivity index (χ4n) is 2.79. The van der Waals surface area contributed by atoms with Crippen molar-refractivity contribution in [2.75, 3.05) is 6.54 Å². The van der Waals surface area contributed by atoms with Crippen molar-refractivity contribution in [1.29, 1.82) is 0 Å². The van der Waals surface area contributed by atoms with E-state index >= 15 is 0 Å². The highest BCUT2D eigenvalue weighted by molar-refractivity contribution is 6.31. The van der Waals surface area contributed by atoms with E-state index in [1.165, 1.54) is 29.2 Å². The quantitative estimate of drug-likeness (QED) is 0.683. The zero-order valence-electron chi connectivity index (χ0n) is 15.4. The van der Waals surface area contributed by atoms with E-state index in [1.54, 1.807) is 25.1 Å². The molecule has 1 N–H and O–H groups in total. The number of fused-ring (bicyclic) bond motifs is 1. The molecule has 3 rings (SSSR count). The van der Waals surface area contributed by atoms with Crippen LogP contribution in [0.25, 0.3) is 10.9 Å². The van der Waals surface area contributed by atoms with Crippen LogP contribution in [-0.4, -0.2) is 33.4 Å². The van der Waals surface area contributed by atoms with Gasteiger partial charge in [0.15, 0.2) is 6.10 Å². The largest absolute Gasteiger partial charge is 0.481 e. The second-order valence-electron chi connectivity index (χ2n) is 6.24. The van der Waals surface area contributed by atoms with Crippen LogP contribution >= 0.6 is 11.6 Å². The summed E-state index contributed by atoms with van der Waals surface area (Å²) >= 11 is 5.98. The second kappa shape index (κ2) is 8.39. The first kappa shape index (κ1) is 19.8. The Morgan fingerprint density at radius 1 is 1.29 bits per heavy atom. The third kappa shape index (κ3) is 4.48. The summed E-state index contributed by atoms with van der Waals surface area (Å²) in [6.07, 6.45) is -0.785. The maximum atomic E-state index is 13.0. The zero-order valence-corrected chi connectivity index (χ0v) is 16.2. The zero-order chi connectivity index (χ0) is 20.3. The third-order valence-corrected chi connectivity index (χ3v) is 4.46. The summed E-state index contributed by atoms with van der Waals surface area (Å²) < 4.78 is 18.6. The standard InChI is InChI=1S/C20H19ClFN3O3/c1-3-25(20(27)12(2)28-15-7-5-14(22)6-8-15)11-18-23-17-10-13(21)4-9-16(17)19(26)24-18/h4-10,12H,3,11H2,1-2H3,(H,23,24,26). The summed E-state index contributed by atoms with van der Waals surface area (Å²) in [5, 5.41) is 0.900. The molecule has 0 saturated carbocycles. The van der Waals surface area contributed by atoms with Crippen molar-refractivity contribution in [3.05, 3.63) is 69.5 Å². The molecule has 0 saturated heterocycles. The molecule has 0 aliphatic rings. The molecule has 1 amide bonds. The number of aromatic nitrogens is 2. The molecule has 6 nitrogen and oxygen atoms in total. The molecule has 0 bridgehead atoms. The maximum absolute atomic E-state index is 13.0. The van der Waals surface area contributed by atoms with E-state index in [4.69, 9.17) is 16.3 Å². The highest BCUT2D eigenvalue weighted by Crippen LogP contribution is 2.16. The van der Waals surface area contributed by atoms with E-state index in [0.717, 1.165) is 0 Å². The van der Waals surface area contributed by atoms with Crippen LogP contribution in [-0.2, 0) is 11.3 Å². The van der Waals surface area contributed by atoms with E-state index in [1.807, 2.05) is 6.92 Å². The van der Waals surface area contributed by atoms with Crippen LogP contribution in [0.4, 0.5) is 4.39 Å². The van der Waals surface area contributed by atoms with Gasteiger partial charge in [-0.05, 0) is 56.3 Å². The summed E-state index contributed by atoms with van der Waals surface area (Å²) in [7, 11) is 0. The van der Waals surface area contributed by atoms with Gasteiger partial charge in [-0.25, -0.2) is 9.37 Å². The van der Waals surface area contributed by atoms with Crippen LogP contribution in [0.3, 0.4) is 0 Å². The number of amides is 1. The Morgan fingerprint density at radius 3 is 2.68 bits per heavy atom. The topological polar surface area (TPSA) is 75.3 Å². The van der Waals surface area contributed by atoms with Crippen molar-refractivity contribution in [1.82, 2.24) is 14.9 Å². The van der Waals surface area contributed by atoms with E-state index in [9.17, 15) is 14.0 Å². The van der Waals surface area contributed by atoms with Crippen LogP contribution in [0.1, 0.15) is 19.7 Å². The number of nitrogens with zero attached hydrogens (tertiary/aromatic N) is 2. The lowest BCUT2D eigenvalue weighted by molar-refractivity contribution is -0.138. The van der Waals surface area contributed by atoms with Crippen LogP contribution in [0, 0.1) is 5.82 Å². The highest BCUT2D eigenvalue weighted by atomic mass is 35.5. The van der Waals surface area contributed by atoms with Crippen LogP contribution < -0.4 is 10.3 Å². The van der Waals surface area contributed by atoms with Gasteiger partial charge in [0.25, 0.3) is 11.5 Å². The molecule has 28 heavy (non-hydrogen) atoms. The minimum absolute atomic E-state index is 0.115. The molecule has 1 unspecified atom stereocenters. The van der Waals surface area contributed by atoms with Gasteiger partial charge in [0.2, 0.25) is 0 Å². The van der Waals surface area contributed by atoms with Crippen LogP contribution in [0.5, 0.6) is 5.75 Å². The minimum atomic E-state index is -0.785. The van der Waals surface area contributed by atoms with E-state index in [2.05, 4.69) is 9.97 Å². The van der Waals surface area contributed by atoms with Crippen molar-refractivity contribution in [2.45, 2.75) is 26.5 Å². The predicted molar refractivity (Wildman–Crippen MR) is 105 cm³/mol. The molecule has 1 atom stereocenters. The number of carbonyl (C=O) groups excluding carboxylic acids is 1. The fourth-order valence-corrected chi connectivity index (χ4v) is 2.95. The summed E-state index contributed by atoms with van der Waals surface area (Å²) in [6, 6.07) is 10.3. The van der Waals surface area contributed by atoms with Gasteiger partial charge in [0, 0.05) is 11.6 Å². The van der Waals surface area contributed by atoms with Gasteiger partial charge in [-0.3, -0.25) is 9.59 Å². The molecule has 0 aliphatic heterocycles. The average Bonchev–Trinajstić information content (AvgIpc) is 2.67. The number of benzene rings is 2. The summed E-state index contributed by atoms with van der Waals surface area (Å²) in [6.45, 7) is 3.95. The monoisotopic (exact) mass is 403 g/mol. The lowest BCUT2D eigenvalue weighted by atomic mass is 10.2. The third-order valence-electron chi connectivity index (χ3n) is 4.23. The first-order chi connectivity index (χ1) is 13.4. The number of halogens is 2. The maximum Gasteiger partial charge on any atom is 0.263 e. The van der Waals surface area contributed by atoms with Gasteiger partial charge in [-0.1, -0.05) is 11.6 Å². The van der Waals surface area contributed by atoms with E-state index < -0.39 is 6.10 Å². The number of ether oxygens (including phenoxy) is 1. The van der Waals surface area contributed by atoms with Crippen molar-refractivity contribution in [3.8, 4) is 5.75 Å². The Balaban J connectivity index is 1.77. The fraction of sp³-hybridized carbons (Fsp3) is 0.250. The predicted octanol–water partition coefficient (Wildman–Crippen LogP) is 3.53. The number of hydrogen-bond donors (Lipinski definition) is 1. The Labute approximate surface area is 165 Å². The Kier molecular flexibility index (Phi) is 5.94. The first-order valence-corrected chi connectivity index (χ1v) is 9.14. The number of aromatic amines is 1. The smallest absolute Gasteiger partial charge is 0.263 e. The van der Waals surface area contributed by atoms with Gasteiger partial charge < -0.3 is 14.6 Å². The Morgan fingerprint density at radius 2 is 2.00 bits per heavy atom. The molecule has 0 aliphatic carbocycles. The Hall–Kier alpha value is -2.93. The van der Waals surface area contributed by atoms with Gasteiger partial charge in [0.1, 0.15) is 17.4 Å². The lowest BCUT2D eigenvalue weighted by Gasteiger charge is -2.24. The molecule has 8 heteroatoms. The number of H-pyrrole nitrogens is 1. The first-order valence-electron chi connectivity index (χ1n) is 8.77. The molecule has 0 spiro atoms. The molecule has 146 valence electrons. The second-order valence-corrected chi connectivity index (χ2v) is 6.68. The molecule has 1 aromatic heterocycles. The molecule has 0 fully saturated rings. The van der Waals surface area contributed by atoms with Crippen molar-refractivity contribution in [3.63, 3.8) is 0 Å². The van der Waals surface area contributed by atoms with Crippen molar-refractivity contribution in [2.24, 2.45) is 0 Å². The van der Waals surface area contributed by atoms with Gasteiger partial charge in [-0.2, -0.15) is 0 Å². The summed E-state index contributed by atoms with van der Waals surface area (Å²) in [4.78, 5) is 33.6. The van der Waals surface area contributed by atoms with Crippen molar-refractivity contribution < 1.29 is 13.9 Å². The molecule has 3 aromatic rings. The average molecular weight is 404 g/mol. The normalized spacial score (nSPS) is 12.0. The molecule has 0 radical (unpaired) electrons. The van der Waals surface area contributed by atoms with Gasteiger partial charge >= 0.3 is 0 Å². The van der Waals surface area contributed by atoms with Gasteiger partial charge in [-0.15, -0.1) is 0 Å².